The fourth-order valence-corrected chi connectivity index (χ4v) is 0.831. The van der Waals surface area contributed by atoms with Gasteiger partial charge in [-0.15, -0.1) is 0 Å². The molecule has 0 saturated heterocycles. The number of amides is 1. The molecule has 96 valence electrons. The molecule has 5 nitrogen and oxygen atoms in total. The second kappa shape index (κ2) is 10.4. The number of primary amides is 1. The molecule has 0 aliphatic rings. The van der Waals surface area contributed by atoms with E-state index in [1.165, 1.54) is 0 Å². The SMILES string of the molecule is CC(C)(C)OC(N)=O.CNCCCCC=O. The molecule has 0 aliphatic heterocycles. The Morgan fingerprint density at radius 1 is 1.38 bits per heavy atom. The number of carbonyl (C=O) groups is 2. The highest BCUT2D eigenvalue weighted by Crippen LogP contribution is 2.04. The first-order valence-corrected chi connectivity index (χ1v) is 5.40. The number of ether oxygens (including phenoxy) is 1. The van der Waals surface area contributed by atoms with Crippen LogP contribution in [0.2, 0.25) is 0 Å². The van der Waals surface area contributed by atoms with Crippen LogP contribution < -0.4 is 11.1 Å². The Labute approximate surface area is 97.7 Å². The van der Waals surface area contributed by atoms with Gasteiger partial charge < -0.3 is 20.6 Å². The smallest absolute Gasteiger partial charge is 0.405 e. The molecular formula is C11H24N2O3. The van der Waals surface area contributed by atoms with E-state index in [9.17, 15) is 9.59 Å². The normalized spacial score (nSPS) is 10.0. The van der Waals surface area contributed by atoms with E-state index in [4.69, 9.17) is 5.73 Å². The van der Waals surface area contributed by atoms with Crippen molar-refractivity contribution >= 4 is 12.4 Å². The van der Waals surface area contributed by atoms with Gasteiger partial charge in [-0.3, -0.25) is 0 Å². The lowest BCUT2D eigenvalue weighted by Gasteiger charge is -2.16. The molecule has 0 heterocycles. The predicted molar refractivity (Wildman–Crippen MR) is 64.3 cm³/mol. The van der Waals surface area contributed by atoms with Gasteiger partial charge in [0, 0.05) is 6.42 Å². The molecule has 0 fully saturated rings. The zero-order chi connectivity index (χ0) is 13.0. The number of hydrogen-bond donors (Lipinski definition) is 2. The Morgan fingerprint density at radius 3 is 2.19 bits per heavy atom. The molecule has 0 atom stereocenters. The first kappa shape index (κ1) is 17.3. The quantitative estimate of drug-likeness (QED) is 0.555. The van der Waals surface area contributed by atoms with E-state index in [0.29, 0.717) is 6.42 Å². The molecule has 0 saturated carbocycles. The standard InChI is InChI=1S/C6H13NO.C5H11NO2/c1-7-5-3-2-4-6-8;1-5(2,3)8-4(6)7/h6-7H,2-5H2,1H3;1-3H3,(H2,6,7). The summed E-state index contributed by atoms with van der Waals surface area (Å²) in [7, 11) is 1.92. The lowest BCUT2D eigenvalue weighted by Crippen LogP contribution is -2.27. The molecule has 0 aromatic carbocycles. The van der Waals surface area contributed by atoms with Crippen molar-refractivity contribution in [1.82, 2.24) is 5.32 Å². The third-order valence-corrected chi connectivity index (χ3v) is 1.41. The minimum Gasteiger partial charge on any atom is -0.444 e. The molecule has 0 radical (unpaired) electrons. The average molecular weight is 232 g/mol. The highest BCUT2D eigenvalue weighted by atomic mass is 16.6. The van der Waals surface area contributed by atoms with Crippen LogP contribution >= 0.6 is 0 Å². The van der Waals surface area contributed by atoms with Crippen LogP contribution in [0.15, 0.2) is 0 Å². The van der Waals surface area contributed by atoms with Crippen LogP contribution in [0.1, 0.15) is 40.0 Å². The highest BCUT2D eigenvalue weighted by Gasteiger charge is 2.12. The van der Waals surface area contributed by atoms with Crippen LogP contribution in [0, 0.1) is 0 Å². The van der Waals surface area contributed by atoms with Crippen molar-refractivity contribution in [2.75, 3.05) is 13.6 Å². The summed E-state index contributed by atoms with van der Waals surface area (Å²) in [4.78, 5) is 19.8. The van der Waals surface area contributed by atoms with Crippen LogP contribution in [-0.4, -0.2) is 31.6 Å². The Bertz CT molecular complexity index is 188. The van der Waals surface area contributed by atoms with Crippen molar-refractivity contribution in [3.05, 3.63) is 0 Å². The number of carbonyl (C=O) groups excluding carboxylic acids is 2. The Morgan fingerprint density at radius 2 is 1.94 bits per heavy atom. The molecule has 1 amide bonds. The summed E-state index contributed by atoms with van der Waals surface area (Å²) in [6.45, 7) is 6.31. The molecule has 0 spiro atoms. The number of nitrogens with one attached hydrogen (secondary N) is 1. The minimum absolute atomic E-state index is 0.453. The summed E-state index contributed by atoms with van der Waals surface area (Å²) in [6.07, 6.45) is 3.08. The van der Waals surface area contributed by atoms with Crippen LogP contribution in [0.3, 0.4) is 0 Å². The van der Waals surface area contributed by atoms with Gasteiger partial charge in [0.1, 0.15) is 11.9 Å². The number of unbranched alkanes of at least 4 members (excludes halogenated alkanes) is 2. The van der Waals surface area contributed by atoms with Crippen molar-refractivity contribution in [3.8, 4) is 0 Å². The molecule has 3 N–H and O–H groups in total. The van der Waals surface area contributed by atoms with Gasteiger partial charge in [0.25, 0.3) is 0 Å². The Balaban J connectivity index is 0. The van der Waals surface area contributed by atoms with Crippen molar-refractivity contribution in [3.63, 3.8) is 0 Å². The molecule has 5 heteroatoms. The molecule has 0 bridgehead atoms. The molecule has 16 heavy (non-hydrogen) atoms. The van der Waals surface area contributed by atoms with Gasteiger partial charge in [0.15, 0.2) is 0 Å². The summed E-state index contributed by atoms with van der Waals surface area (Å²) in [5.74, 6) is 0. The van der Waals surface area contributed by atoms with E-state index in [1.807, 2.05) is 7.05 Å². The van der Waals surface area contributed by atoms with Gasteiger partial charge in [-0.2, -0.15) is 0 Å². The van der Waals surface area contributed by atoms with Gasteiger partial charge in [-0.1, -0.05) is 0 Å². The maximum absolute atomic E-state index is 10.0. The number of aldehydes is 1. The molecular weight excluding hydrogens is 208 g/mol. The van der Waals surface area contributed by atoms with E-state index in [0.717, 1.165) is 25.7 Å². The summed E-state index contributed by atoms with van der Waals surface area (Å²) in [6, 6.07) is 0. The fourth-order valence-electron chi connectivity index (χ4n) is 0.831. The van der Waals surface area contributed by atoms with Crippen LogP contribution in [0.4, 0.5) is 4.79 Å². The summed E-state index contributed by atoms with van der Waals surface area (Å²) >= 11 is 0. The second-order valence-corrected chi connectivity index (χ2v) is 4.30. The number of hydrogen-bond acceptors (Lipinski definition) is 4. The van der Waals surface area contributed by atoms with Crippen molar-refractivity contribution in [1.29, 1.82) is 0 Å². The molecule has 0 aliphatic carbocycles. The highest BCUT2D eigenvalue weighted by molar-refractivity contribution is 5.65. The van der Waals surface area contributed by atoms with Crippen LogP contribution in [-0.2, 0) is 9.53 Å². The zero-order valence-electron chi connectivity index (χ0n) is 10.7. The van der Waals surface area contributed by atoms with Gasteiger partial charge in [0.2, 0.25) is 0 Å². The summed E-state index contributed by atoms with van der Waals surface area (Å²) in [5, 5.41) is 3.01. The van der Waals surface area contributed by atoms with Crippen molar-refractivity contribution in [2.45, 2.75) is 45.6 Å². The fraction of sp³-hybridized carbons (Fsp3) is 0.818. The van der Waals surface area contributed by atoms with Gasteiger partial charge in [0.05, 0.1) is 0 Å². The van der Waals surface area contributed by atoms with Crippen LogP contribution in [0.5, 0.6) is 0 Å². The summed E-state index contributed by atoms with van der Waals surface area (Å²) in [5.41, 5.74) is 4.26. The maximum atomic E-state index is 10.0. The van der Waals surface area contributed by atoms with Gasteiger partial charge in [-0.25, -0.2) is 4.79 Å². The van der Waals surface area contributed by atoms with E-state index in [2.05, 4.69) is 10.1 Å². The van der Waals surface area contributed by atoms with Gasteiger partial charge in [-0.05, 0) is 47.2 Å². The topological polar surface area (TPSA) is 81.4 Å². The van der Waals surface area contributed by atoms with E-state index >= 15 is 0 Å². The number of rotatable bonds is 5. The minimum atomic E-state index is -0.725. The van der Waals surface area contributed by atoms with Crippen molar-refractivity contribution < 1.29 is 14.3 Å². The lowest BCUT2D eigenvalue weighted by molar-refractivity contribution is -0.107. The summed E-state index contributed by atoms with van der Waals surface area (Å²) < 4.78 is 4.58. The Kier molecular flexibility index (Phi) is 11.3. The molecule has 0 aromatic heterocycles. The first-order valence-electron chi connectivity index (χ1n) is 5.40. The predicted octanol–water partition coefficient (Wildman–Crippen LogP) is 1.46. The van der Waals surface area contributed by atoms with Gasteiger partial charge >= 0.3 is 6.09 Å². The average Bonchev–Trinajstić information content (AvgIpc) is 2.09. The third-order valence-electron chi connectivity index (χ3n) is 1.41. The molecule has 0 aromatic rings. The first-order chi connectivity index (χ1) is 7.33. The largest absolute Gasteiger partial charge is 0.444 e. The molecule has 0 unspecified atom stereocenters. The maximum Gasteiger partial charge on any atom is 0.405 e. The zero-order valence-corrected chi connectivity index (χ0v) is 10.7. The molecule has 0 rings (SSSR count). The lowest BCUT2D eigenvalue weighted by atomic mass is 10.2. The van der Waals surface area contributed by atoms with E-state index < -0.39 is 11.7 Å². The van der Waals surface area contributed by atoms with Crippen molar-refractivity contribution in [2.24, 2.45) is 5.73 Å². The van der Waals surface area contributed by atoms with E-state index in [-0.39, 0.29) is 0 Å². The number of nitrogens with two attached hydrogens (primary N) is 1. The van der Waals surface area contributed by atoms with Crippen LogP contribution in [0.25, 0.3) is 0 Å². The second-order valence-electron chi connectivity index (χ2n) is 4.30. The monoisotopic (exact) mass is 232 g/mol. The third kappa shape index (κ3) is 23.1. The Hall–Kier alpha value is -1.10. The van der Waals surface area contributed by atoms with E-state index in [1.54, 1.807) is 20.8 Å².